The van der Waals surface area contributed by atoms with Gasteiger partial charge in [0.2, 0.25) is 17.6 Å². The van der Waals surface area contributed by atoms with Crippen LogP contribution in [0.15, 0.2) is 54.6 Å². The number of nitrogens with zero attached hydrogens (tertiary/aromatic N) is 5. The van der Waals surface area contributed by atoms with Crippen molar-refractivity contribution in [2.75, 3.05) is 13.2 Å². The zero-order valence-electron chi connectivity index (χ0n) is 34.8. The van der Waals surface area contributed by atoms with Crippen LogP contribution < -0.4 is 19.5 Å². The Hall–Kier alpha value is -5.89. The highest BCUT2D eigenvalue weighted by Gasteiger charge is 2.35. The topological polar surface area (TPSA) is 147 Å². The molecule has 7 rings (SSSR count). The van der Waals surface area contributed by atoms with Crippen LogP contribution in [0.3, 0.4) is 0 Å². The van der Waals surface area contributed by atoms with E-state index in [1.54, 1.807) is 13.8 Å². The Kier molecular flexibility index (Phi) is 17.1. The third kappa shape index (κ3) is 14.3. The van der Waals surface area contributed by atoms with Gasteiger partial charge < -0.3 is 24.3 Å². The minimum Gasteiger partial charge on any atom is -0.433 e. The zero-order chi connectivity index (χ0) is 51.3. The average molecular weight is 1070 g/mol. The number of rotatable bonds is 8. The predicted octanol–water partition coefficient (Wildman–Crippen LogP) is 13.9. The summed E-state index contributed by atoms with van der Waals surface area (Å²) in [6.45, 7) is 5.69. The molecule has 0 saturated carbocycles. The summed E-state index contributed by atoms with van der Waals surface area (Å²) in [5.41, 5.74) is -2.35. The fourth-order valence-corrected chi connectivity index (χ4v) is 6.59. The van der Waals surface area contributed by atoms with Gasteiger partial charge in [-0.05, 0) is 81.6 Å². The largest absolute Gasteiger partial charge is 0.433 e. The first-order chi connectivity index (χ1) is 32.0. The normalized spacial score (nSPS) is 13.8. The van der Waals surface area contributed by atoms with Crippen molar-refractivity contribution in [1.82, 2.24) is 35.1 Å². The Labute approximate surface area is 400 Å². The van der Waals surface area contributed by atoms with Crippen LogP contribution in [0.1, 0.15) is 46.6 Å². The molecule has 1 aliphatic rings. The third-order valence-electron chi connectivity index (χ3n) is 8.87. The number of hydrogen-bond acceptors (Lipinski definition) is 9. The van der Waals surface area contributed by atoms with E-state index >= 15 is 0 Å². The monoisotopic (exact) mass is 1070 g/mol. The third-order valence-corrected chi connectivity index (χ3v) is 9.88. The van der Waals surface area contributed by atoms with E-state index in [-0.39, 0.29) is 35.9 Å². The number of aromatic amines is 1. The van der Waals surface area contributed by atoms with Gasteiger partial charge in [-0.3, -0.25) is 9.89 Å². The minimum atomic E-state index is -4.75. The molecule has 0 radical (unpaired) electrons. The molecule has 1 unspecified atom stereocenters. The van der Waals surface area contributed by atoms with Gasteiger partial charge in [0.1, 0.15) is 0 Å². The van der Waals surface area contributed by atoms with Crippen molar-refractivity contribution in [2.24, 2.45) is 0 Å². The van der Waals surface area contributed by atoms with Crippen LogP contribution in [-0.4, -0.2) is 60.4 Å². The molecule has 1 fully saturated rings. The van der Waals surface area contributed by atoms with Gasteiger partial charge in [-0.15, -0.1) is 15.3 Å². The molecule has 1 aliphatic heterocycles. The van der Waals surface area contributed by atoms with Crippen molar-refractivity contribution in [2.45, 2.75) is 58.2 Å². The van der Waals surface area contributed by atoms with Crippen LogP contribution in [0, 0.1) is 38.2 Å². The Balaban J connectivity index is 0.000000197. The fraction of sp³-hybridized carbons (Fsp3) is 0.275. The van der Waals surface area contributed by atoms with Gasteiger partial charge in [-0.1, -0.05) is 34.8 Å². The maximum Gasteiger partial charge on any atom is 0.416 e. The maximum absolute atomic E-state index is 14.0. The first kappa shape index (κ1) is 54.1. The van der Waals surface area contributed by atoms with Crippen LogP contribution >= 0.6 is 46.4 Å². The van der Waals surface area contributed by atoms with Crippen LogP contribution in [-0.2, 0) is 23.3 Å². The van der Waals surface area contributed by atoms with E-state index in [0.29, 0.717) is 54.5 Å². The molecule has 372 valence electrons. The molecule has 0 aliphatic carbocycles. The van der Waals surface area contributed by atoms with Crippen molar-refractivity contribution in [3.63, 3.8) is 0 Å². The number of carbonyl (C=O) groups is 2. The van der Waals surface area contributed by atoms with Crippen molar-refractivity contribution < 1.29 is 81.2 Å². The van der Waals surface area contributed by atoms with E-state index in [2.05, 4.69) is 25.7 Å². The molecule has 4 heterocycles. The highest BCUT2D eigenvalue weighted by Crippen LogP contribution is 2.41. The van der Waals surface area contributed by atoms with Gasteiger partial charge in [0.05, 0.1) is 43.6 Å². The van der Waals surface area contributed by atoms with Gasteiger partial charge in [0.25, 0.3) is 0 Å². The summed E-state index contributed by atoms with van der Waals surface area (Å²) < 4.78 is 177. The number of alkyl halides is 9. The lowest BCUT2D eigenvalue weighted by Crippen LogP contribution is -2.35. The molecule has 6 aromatic rings. The molecule has 0 bridgehead atoms. The fourth-order valence-electron chi connectivity index (χ4n) is 5.68. The number of halogens is 16. The van der Waals surface area contributed by atoms with Crippen molar-refractivity contribution in [3.05, 3.63) is 121 Å². The van der Waals surface area contributed by atoms with E-state index in [1.165, 1.54) is 25.1 Å². The van der Waals surface area contributed by atoms with Crippen LogP contribution in [0.2, 0.25) is 15.1 Å². The van der Waals surface area contributed by atoms with Crippen molar-refractivity contribution >= 4 is 57.8 Å². The number of aryl methyl sites for hydroxylation is 3. The number of aromatic nitrogens is 6. The molecule has 1 amide bonds. The van der Waals surface area contributed by atoms with Crippen molar-refractivity contribution in [1.29, 1.82) is 0 Å². The van der Waals surface area contributed by atoms with E-state index in [1.807, 2.05) is 0 Å². The van der Waals surface area contributed by atoms with Crippen LogP contribution in [0.4, 0.5) is 62.3 Å². The van der Waals surface area contributed by atoms with Gasteiger partial charge in [-0.25, -0.2) is 18.0 Å². The lowest BCUT2D eigenvalue weighted by molar-refractivity contribution is -0.138. The maximum atomic E-state index is 14.0. The van der Waals surface area contributed by atoms with Gasteiger partial charge >= 0.3 is 29.9 Å². The summed E-state index contributed by atoms with van der Waals surface area (Å²) in [5.74, 6) is -5.99. The van der Waals surface area contributed by atoms with E-state index in [9.17, 15) is 62.3 Å². The number of hydrogen-bond donors (Lipinski definition) is 2. The summed E-state index contributed by atoms with van der Waals surface area (Å²) in [6.07, 6.45) is -12.5. The minimum absolute atomic E-state index is 0.0121. The van der Waals surface area contributed by atoms with Crippen LogP contribution in [0.25, 0.3) is 0 Å². The predicted molar refractivity (Wildman–Crippen MR) is 221 cm³/mol. The Morgan fingerprint density at radius 3 is 1.41 bits per heavy atom. The number of amides is 1. The number of ether oxygens (including phenoxy) is 4. The van der Waals surface area contributed by atoms with E-state index in [0.717, 1.165) is 22.2 Å². The molecular formula is C40H29Cl4F12N7O6. The molecule has 0 spiro atoms. The van der Waals surface area contributed by atoms with Gasteiger partial charge in [0.15, 0.2) is 34.7 Å². The highest BCUT2D eigenvalue weighted by atomic mass is 35.5. The summed E-state index contributed by atoms with van der Waals surface area (Å²) >= 11 is 22.2. The Bertz CT molecular complexity index is 2760. The molecule has 3 aromatic carbocycles. The molecule has 13 nitrogen and oxygen atoms in total. The van der Waals surface area contributed by atoms with Gasteiger partial charge in [0, 0.05) is 42.7 Å². The quantitative estimate of drug-likeness (QED) is 0.112. The number of benzene rings is 3. The summed E-state index contributed by atoms with van der Waals surface area (Å²) in [7, 11) is 0. The lowest BCUT2D eigenvalue weighted by atomic mass is 10.2. The number of carbonyl (C=O) groups excluding carboxylic acids is 2. The molecule has 69 heavy (non-hydrogen) atoms. The SMILES string of the molecule is Cc1cc(Oc2c(F)cc(C(F)(F)F)cc2Cl)n[nH]1.Cc1cc(Oc2c(F)cc(C(F)(F)F)cc2Cl)nn1C(=O)Cl.Cc1cc(Oc2c(F)cc(C(F)(F)F)cc2Cl)nn1C(=O)NCC1CCCO1. The Morgan fingerprint density at radius 2 is 1.07 bits per heavy atom. The number of nitrogens with one attached hydrogen (secondary N) is 2. The highest BCUT2D eigenvalue weighted by molar-refractivity contribution is 6.63. The second-order valence-corrected chi connectivity index (χ2v) is 15.7. The Morgan fingerprint density at radius 1 is 0.667 bits per heavy atom. The molecule has 3 aromatic heterocycles. The van der Waals surface area contributed by atoms with E-state index < -0.39 is 96.4 Å². The summed E-state index contributed by atoms with van der Waals surface area (Å²) in [6, 6.07) is 6.01. The smallest absolute Gasteiger partial charge is 0.416 e. The van der Waals surface area contributed by atoms with Crippen LogP contribution in [0.5, 0.6) is 34.9 Å². The summed E-state index contributed by atoms with van der Waals surface area (Å²) in [4.78, 5) is 23.2. The molecule has 2 N–H and O–H groups in total. The van der Waals surface area contributed by atoms with E-state index in [4.69, 9.17) is 65.4 Å². The molecular weight excluding hydrogens is 1040 g/mol. The molecule has 29 heteroatoms. The van der Waals surface area contributed by atoms with Gasteiger partial charge in [-0.2, -0.15) is 48.9 Å². The second kappa shape index (κ2) is 21.8. The lowest BCUT2D eigenvalue weighted by Gasteiger charge is -2.11. The molecule has 1 saturated heterocycles. The second-order valence-electron chi connectivity index (χ2n) is 14.1. The standard InChI is InChI=1S/C17H16ClF4N3O3.C12H6Cl2F4N2O2.C11H7ClF4N2O/c1-9-5-14(24-25(9)16(26)23-8-11-3-2-4-27-11)28-15-12(18)6-10(7-13(15)19)17(20,21)22;1-5-2-9(19-20(5)11(14)21)22-10-7(13)3-6(4-8(10)15)12(16,17)18;1-5-2-9(18-17-5)19-10-7(12)3-6(4-8(10)13)11(14,15)16/h5-7,11H,2-4,8H2,1H3,(H,23,26);2-4H,1H3;2-4H,1H3,(H,17,18). The average Bonchev–Trinajstić information content (AvgIpc) is 4.06. The number of H-pyrrole nitrogens is 1. The first-order valence-electron chi connectivity index (χ1n) is 19.0. The summed E-state index contributed by atoms with van der Waals surface area (Å²) in [5, 5.41) is 13.8. The van der Waals surface area contributed by atoms with Crippen molar-refractivity contribution in [3.8, 4) is 34.9 Å². The zero-order valence-corrected chi connectivity index (χ0v) is 37.9. The first-order valence-corrected chi connectivity index (χ1v) is 20.5. The molecule has 1 atom stereocenters.